The molecule has 3 saturated carbocycles. The van der Waals surface area contributed by atoms with Gasteiger partial charge in [-0.2, -0.15) is 0 Å². The fraction of sp³-hybridized carbons (Fsp3) is 0.720. The van der Waals surface area contributed by atoms with Crippen molar-refractivity contribution in [3.8, 4) is 0 Å². The van der Waals surface area contributed by atoms with Gasteiger partial charge in [-0.1, -0.05) is 58.2 Å². The number of Topliss-reactive ketones (excluding diaryl/α,β-unsaturated/α-hetero) is 1. The highest BCUT2D eigenvalue weighted by Crippen LogP contribution is 2.62. The maximum atomic E-state index is 13.4. The molecule has 0 radical (unpaired) electrons. The van der Waals surface area contributed by atoms with Crippen LogP contribution in [0.3, 0.4) is 0 Å². The molecule has 148 valence electrons. The summed E-state index contributed by atoms with van der Waals surface area (Å²) in [5.41, 5.74) is -0.0522. The van der Waals surface area contributed by atoms with Gasteiger partial charge >= 0.3 is 0 Å². The van der Waals surface area contributed by atoms with Gasteiger partial charge in [0.25, 0.3) is 0 Å². The van der Waals surface area contributed by atoms with Gasteiger partial charge in [0.1, 0.15) is 0 Å². The minimum atomic E-state index is -0.0522. The van der Waals surface area contributed by atoms with Gasteiger partial charge in [0, 0.05) is 10.3 Å². The highest BCUT2D eigenvalue weighted by atomic mass is 32.2. The first-order chi connectivity index (χ1) is 13.1. The van der Waals surface area contributed by atoms with E-state index in [1.54, 1.807) is 0 Å². The minimum absolute atomic E-state index is 0.0522. The van der Waals surface area contributed by atoms with E-state index in [2.05, 4.69) is 51.1 Å². The molecular weight excluding hydrogens is 348 g/mol. The van der Waals surface area contributed by atoms with Gasteiger partial charge in [0.05, 0.1) is 5.25 Å². The van der Waals surface area contributed by atoms with Crippen LogP contribution in [-0.2, 0) is 4.79 Å². The van der Waals surface area contributed by atoms with Crippen LogP contribution < -0.4 is 0 Å². The molecule has 7 atom stereocenters. The lowest BCUT2D eigenvalue weighted by atomic mass is 9.51. The topological polar surface area (TPSA) is 17.1 Å². The van der Waals surface area contributed by atoms with Gasteiger partial charge in [-0.3, -0.25) is 4.79 Å². The zero-order valence-corrected chi connectivity index (χ0v) is 18.1. The molecule has 0 aromatic heterocycles. The summed E-state index contributed by atoms with van der Waals surface area (Å²) in [6.45, 7) is 7.07. The van der Waals surface area contributed by atoms with Crippen molar-refractivity contribution in [1.82, 2.24) is 0 Å². The lowest BCUT2D eigenvalue weighted by Crippen LogP contribution is -2.47. The Hall–Kier alpha value is -0.760. The molecule has 2 heteroatoms. The van der Waals surface area contributed by atoms with E-state index < -0.39 is 0 Å². The predicted molar refractivity (Wildman–Crippen MR) is 115 cm³/mol. The Kier molecular flexibility index (Phi) is 5.74. The molecule has 0 bridgehead atoms. The van der Waals surface area contributed by atoms with Crippen molar-refractivity contribution in [3.63, 3.8) is 0 Å². The summed E-state index contributed by atoms with van der Waals surface area (Å²) < 4.78 is 0. The van der Waals surface area contributed by atoms with E-state index in [9.17, 15) is 4.79 Å². The quantitative estimate of drug-likeness (QED) is 0.543. The molecule has 0 heterocycles. The van der Waals surface area contributed by atoms with Gasteiger partial charge < -0.3 is 0 Å². The van der Waals surface area contributed by atoms with Gasteiger partial charge in [0.2, 0.25) is 0 Å². The molecule has 0 saturated heterocycles. The molecule has 27 heavy (non-hydrogen) atoms. The molecule has 0 N–H and O–H groups in total. The Morgan fingerprint density at radius 1 is 1.07 bits per heavy atom. The number of thioether (sulfide) groups is 1. The van der Waals surface area contributed by atoms with E-state index in [4.69, 9.17) is 0 Å². The summed E-state index contributed by atoms with van der Waals surface area (Å²) in [6, 6.07) is 10.6. The third-order valence-electron chi connectivity index (χ3n) is 8.40. The van der Waals surface area contributed by atoms with Crippen LogP contribution in [0, 0.1) is 35.0 Å². The van der Waals surface area contributed by atoms with Crippen LogP contribution in [0.4, 0.5) is 0 Å². The second-order valence-corrected chi connectivity index (χ2v) is 10.9. The number of carbonyl (C=O) groups is 1. The van der Waals surface area contributed by atoms with Crippen molar-refractivity contribution >= 4 is 17.5 Å². The fourth-order valence-electron chi connectivity index (χ4n) is 7.06. The molecule has 0 spiro atoms. The first-order valence-electron chi connectivity index (χ1n) is 11.3. The maximum Gasteiger partial charge on any atom is 0.152 e. The average molecular weight is 385 g/mol. The second-order valence-electron chi connectivity index (χ2n) is 9.61. The van der Waals surface area contributed by atoms with Crippen molar-refractivity contribution in [2.75, 3.05) is 0 Å². The lowest BCUT2D eigenvalue weighted by molar-refractivity contribution is -0.132. The van der Waals surface area contributed by atoms with Gasteiger partial charge in [-0.25, -0.2) is 0 Å². The minimum Gasteiger partial charge on any atom is -0.298 e. The zero-order chi connectivity index (χ0) is 19.0. The summed E-state index contributed by atoms with van der Waals surface area (Å²) in [6.07, 6.45) is 10.4. The summed E-state index contributed by atoms with van der Waals surface area (Å²) in [4.78, 5) is 14.7. The number of benzene rings is 1. The summed E-state index contributed by atoms with van der Waals surface area (Å²) in [5.74, 6) is 4.72. The van der Waals surface area contributed by atoms with Crippen molar-refractivity contribution in [2.24, 2.45) is 35.0 Å². The van der Waals surface area contributed by atoms with Crippen molar-refractivity contribution < 1.29 is 4.79 Å². The van der Waals surface area contributed by atoms with Gasteiger partial charge in [-0.15, -0.1) is 11.8 Å². The smallest absolute Gasteiger partial charge is 0.152 e. The Morgan fingerprint density at radius 2 is 1.85 bits per heavy atom. The van der Waals surface area contributed by atoms with Crippen LogP contribution in [0.1, 0.15) is 72.1 Å². The van der Waals surface area contributed by atoms with E-state index in [1.807, 2.05) is 11.8 Å². The van der Waals surface area contributed by atoms with E-state index in [0.717, 1.165) is 36.5 Å². The first kappa shape index (κ1) is 19.6. The number of rotatable bonds is 5. The van der Waals surface area contributed by atoms with Crippen molar-refractivity contribution in [3.05, 3.63) is 30.3 Å². The molecule has 3 fully saturated rings. The Morgan fingerprint density at radius 3 is 2.56 bits per heavy atom. The van der Waals surface area contributed by atoms with Crippen LogP contribution in [0.25, 0.3) is 0 Å². The van der Waals surface area contributed by atoms with Crippen molar-refractivity contribution in [1.29, 1.82) is 0 Å². The molecule has 6 unspecified atom stereocenters. The molecule has 1 aromatic carbocycles. The standard InChI is InChI=1S/C25H36OS/c1-4-9-19-17(5-2)12-13-21-20(19)14-15-25(3)22(21)16-23(24(25)26)27-18-10-7-6-8-11-18/h6-8,10-11,17,19-23H,4-5,9,12-16H2,1-3H3/t17?,19-,20?,21?,22?,23?,25?/m0/s1. The maximum absolute atomic E-state index is 13.4. The normalized spacial score (nSPS) is 41.2. The van der Waals surface area contributed by atoms with Crippen LogP contribution in [0.2, 0.25) is 0 Å². The van der Waals surface area contributed by atoms with E-state index in [1.165, 1.54) is 43.4 Å². The Bertz CT molecular complexity index is 656. The fourth-order valence-corrected chi connectivity index (χ4v) is 8.38. The zero-order valence-electron chi connectivity index (χ0n) is 17.3. The number of fused-ring (bicyclic) bond motifs is 3. The third kappa shape index (κ3) is 3.41. The predicted octanol–water partition coefficient (Wildman–Crippen LogP) is 7.01. The highest BCUT2D eigenvalue weighted by Gasteiger charge is 2.59. The number of ketones is 1. The summed E-state index contributed by atoms with van der Waals surface area (Å²) in [5, 5.41) is 0.176. The molecule has 0 amide bonds. The van der Waals surface area contributed by atoms with Crippen LogP contribution in [-0.4, -0.2) is 11.0 Å². The van der Waals surface area contributed by atoms with Crippen LogP contribution in [0.15, 0.2) is 35.2 Å². The van der Waals surface area contributed by atoms with Gasteiger partial charge in [0.15, 0.2) is 5.78 Å². The molecular formula is C25H36OS. The van der Waals surface area contributed by atoms with Gasteiger partial charge in [-0.05, 0) is 73.8 Å². The van der Waals surface area contributed by atoms with Crippen LogP contribution in [0.5, 0.6) is 0 Å². The molecule has 4 rings (SSSR count). The Balaban J connectivity index is 1.55. The first-order valence-corrected chi connectivity index (χ1v) is 12.2. The highest BCUT2D eigenvalue weighted by molar-refractivity contribution is 8.00. The Labute approximate surface area is 170 Å². The molecule has 3 aliphatic carbocycles. The summed E-state index contributed by atoms with van der Waals surface area (Å²) in [7, 11) is 0. The average Bonchev–Trinajstić information content (AvgIpc) is 2.94. The molecule has 3 aliphatic rings. The SMILES string of the molecule is CCC[C@H]1C(CC)CCC2C1CCC1(C)C(=O)C(Sc3ccccc3)CC21. The number of hydrogen-bond donors (Lipinski definition) is 0. The van der Waals surface area contributed by atoms with E-state index in [0.29, 0.717) is 11.7 Å². The third-order valence-corrected chi connectivity index (χ3v) is 9.64. The monoisotopic (exact) mass is 384 g/mol. The number of carbonyl (C=O) groups excluding carboxylic acids is 1. The summed E-state index contributed by atoms with van der Waals surface area (Å²) >= 11 is 1.83. The van der Waals surface area contributed by atoms with Crippen molar-refractivity contribution in [2.45, 2.75) is 82.3 Å². The number of hydrogen-bond acceptors (Lipinski definition) is 2. The lowest BCUT2D eigenvalue weighted by Gasteiger charge is -2.53. The largest absolute Gasteiger partial charge is 0.298 e. The van der Waals surface area contributed by atoms with E-state index in [-0.39, 0.29) is 10.7 Å². The van der Waals surface area contributed by atoms with Crippen LogP contribution >= 0.6 is 11.8 Å². The molecule has 0 aliphatic heterocycles. The second kappa shape index (κ2) is 7.93. The molecule has 1 aromatic rings. The molecule has 1 nitrogen and oxygen atoms in total. The van der Waals surface area contributed by atoms with E-state index >= 15 is 0 Å².